The molecule has 5 atom stereocenters. The number of hydrogen-bond donors (Lipinski definition) is 6. The number of nitrogens with one attached hydrogen (secondary N) is 2. The second kappa shape index (κ2) is 11.3. The molecule has 1 aliphatic rings. The lowest BCUT2D eigenvalue weighted by atomic mass is 9.97. The second-order valence-corrected chi connectivity index (χ2v) is 5.83. The minimum atomic E-state index is -1.35. The summed E-state index contributed by atoms with van der Waals surface area (Å²) in [4.78, 5) is 22.6. The molecule has 6 N–H and O–H groups in total. The first-order chi connectivity index (χ1) is 11.9. The predicted octanol–water partition coefficient (Wildman–Crippen LogP) is -2.77. The number of aliphatic hydroxyl groups excluding tert-OH is 4. The molecule has 0 bridgehead atoms. The molecule has 10 heteroatoms. The number of ether oxygens (including phenoxy) is 2. The van der Waals surface area contributed by atoms with E-state index in [9.17, 15) is 24.9 Å². The predicted molar refractivity (Wildman–Crippen MR) is 85.3 cm³/mol. The normalized spacial score (nSPS) is 29.2. The Morgan fingerprint density at radius 2 is 1.88 bits per heavy atom. The Labute approximate surface area is 146 Å². The maximum Gasteiger partial charge on any atom is 0.220 e. The van der Waals surface area contributed by atoms with Gasteiger partial charge in [0.25, 0.3) is 0 Å². The summed E-state index contributed by atoms with van der Waals surface area (Å²) < 4.78 is 10.9. The molecule has 0 saturated carbocycles. The maximum atomic E-state index is 11.4. The molecule has 0 radical (unpaired) electrons. The summed E-state index contributed by atoms with van der Waals surface area (Å²) in [6.07, 6.45) is -3.38. The van der Waals surface area contributed by atoms with Crippen LogP contribution in [0.25, 0.3) is 0 Å². The first kappa shape index (κ1) is 21.7. The van der Waals surface area contributed by atoms with Crippen molar-refractivity contribution in [2.75, 3.05) is 26.4 Å². The monoisotopic (exact) mass is 364 g/mol. The highest BCUT2D eigenvalue weighted by atomic mass is 16.7. The van der Waals surface area contributed by atoms with Gasteiger partial charge in [-0.15, -0.1) is 0 Å². The van der Waals surface area contributed by atoms with Crippen molar-refractivity contribution in [2.24, 2.45) is 0 Å². The Balaban J connectivity index is 2.44. The van der Waals surface area contributed by atoms with Gasteiger partial charge >= 0.3 is 0 Å². The molecule has 1 heterocycles. The van der Waals surface area contributed by atoms with E-state index < -0.39 is 43.2 Å². The van der Waals surface area contributed by atoms with E-state index in [1.54, 1.807) is 0 Å². The number of unbranched alkanes of at least 4 members (excludes halogenated alkanes) is 1. The highest BCUT2D eigenvalue weighted by molar-refractivity contribution is 5.75. The van der Waals surface area contributed by atoms with Crippen LogP contribution in [0.5, 0.6) is 0 Å². The zero-order valence-corrected chi connectivity index (χ0v) is 14.3. The fraction of sp³-hybridized carbons (Fsp3) is 0.867. The minimum absolute atomic E-state index is 0.112. The molecule has 146 valence electrons. The number of amides is 2. The van der Waals surface area contributed by atoms with E-state index in [2.05, 4.69) is 10.6 Å². The zero-order chi connectivity index (χ0) is 18.8. The van der Waals surface area contributed by atoms with Crippen LogP contribution in [0.4, 0.5) is 0 Å². The smallest absolute Gasteiger partial charge is 0.220 e. The van der Waals surface area contributed by atoms with Gasteiger partial charge in [-0.25, -0.2) is 0 Å². The summed E-state index contributed by atoms with van der Waals surface area (Å²) in [5, 5.41) is 42.8. The van der Waals surface area contributed by atoms with Crippen molar-refractivity contribution < 1.29 is 39.5 Å². The molecule has 0 aromatic carbocycles. The molecule has 0 aliphatic carbocycles. The van der Waals surface area contributed by atoms with Crippen LogP contribution in [0.1, 0.15) is 26.2 Å². The van der Waals surface area contributed by atoms with Gasteiger partial charge in [0.1, 0.15) is 24.4 Å². The molecule has 2 amide bonds. The van der Waals surface area contributed by atoms with Gasteiger partial charge in [-0.05, 0) is 12.8 Å². The van der Waals surface area contributed by atoms with Crippen LogP contribution in [0.15, 0.2) is 0 Å². The quantitative estimate of drug-likeness (QED) is 0.227. The second-order valence-electron chi connectivity index (χ2n) is 5.83. The van der Waals surface area contributed by atoms with Gasteiger partial charge in [0.05, 0.1) is 13.2 Å². The van der Waals surface area contributed by atoms with Crippen molar-refractivity contribution in [1.82, 2.24) is 10.6 Å². The summed E-state index contributed by atoms with van der Waals surface area (Å²) in [6.45, 7) is 1.06. The molecule has 0 aromatic heterocycles. The van der Waals surface area contributed by atoms with Crippen molar-refractivity contribution in [3.8, 4) is 0 Å². The summed E-state index contributed by atoms with van der Waals surface area (Å²) >= 11 is 0. The lowest BCUT2D eigenvalue weighted by Crippen LogP contribution is -2.64. The molecule has 0 aromatic rings. The minimum Gasteiger partial charge on any atom is -0.395 e. The topological polar surface area (TPSA) is 158 Å². The van der Waals surface area contributed by atoms with E-state index in [4.69, 9.17) is 14.6 Å². The summed E-state index contributed by atoms with van der Waals surface area (Å²) in [5.41, 5.74) is 0. The van der Waals surface area contributed by atoms with Crippen LogP contribution >= 0.6 is 0 Å². The van der Waals surface area contributed by atoms with Gasteiger partial charge in [0.15, 0.2) is 6.29 Å². The Kier molecular flexibility index (Phi) is 9.86. The van der Waals surface area contributed by atoms with E-state index in [0.29, 0.717) is 12.8 Å². The standard InChI is InChI=1S/C15H28N2O8/c1-9(20)17-12-14(23)13(22)10(8-19)25-15(12)24-7-3-2-4-11(21)16-5-6-18/h10,12-15,18-19,22-23H,2-8H2,1H3,(H,16,21)(H,17,20)/t10?,12?,13-,14?,15+/m0/s1. The Hall–Kier alpha value is -1.30. The SMILES string of the molecule is CC(=O)NC1C(O)[C@@H](O)C(CO)O[C@H]1OCCCCC(=O)NCCO. The fourth-order valence-electron chi connectivity index (χ4n) is 2.48. The van der Waals surface area contributed by atoms with Crippen LogP contribution in [-0.4, -0.2) is 89.2 Å². The van der Waals surface area contributed by atoms with Gasteiger partial charge < -0.3 is 40.5 Å². The van der Waals surface area contributed by atoms with Crippen LogP contribution in [0.2, 0.25) is 0 Å². The van der Waals surface area contributed by atoms with Crippen LogP contribution < -0.4 is 10.6 Å². The average molecular weight is 364 g/mol. The van der Waals surface area contributed by atoms with E-state index in [-0.39, 0.29) is 32.1 Å². The number of aliphatic hydroxyl groups is 4. The lowest BCUT2D eigenvalue weighted by molar-refractivity contribution is -0.270. The number of carbonyl (C=O) groups excluding carboxylic acids is 2. The van der Waals surface area contributed by atoms with Crippen LogP contribution in [0.3, 0.4) is 0 Å². The van der Waals surface area contributed by atoms with Crippen molar-refractivity contribution >= 4 is 11.8 Å². The van der Waals surface area contributed by atoms with E-state index >= 15 is 0 Å². The molecule has 3 unspecified atom stereocenters. The van der Waals surface area contributed by atoms with E-state index in [1.165, 1.54) is 6.92 Å². The first-order valence-corrected chi connectivity index (χ1v) is 8.29. The summed E-state index contributed by atoms with van der Waals surface area (Å²) in [6, 6.07) is -0.969. The number of rotatable bonds is 10. The van der Waals surface area contributed by atoms with Gasteiger partial charge in [0, 0.05) is 26.5 Å². The maximum absolute atomic E-state index is 11.4. The molecule has 1 fully saturated rings. The first-order valence-electron chi connectivity index (χ1n) is 8.29. The van der Waals surface area contributed by atoms with E-state index in [0.717, 1.165) is 0 Å². The Morgan fingerprint density at radius 3 is 2.48 bits per heavy atom. The largest absolute Gasteiger partial charge is 0.395 e. The van der Waals surface area contributed by atoms with Crippen molar-refractivity contribution in [2.45, 2.75) is 56.8 Å². The van der Waals surface area contributed by atoms with Crippen molar-refractivity contribution in [3.63, 3.8) is 0 Å². The Bertz CT molecular complexity index is 422. The molecule has 1 saturated heterocycles. The molecular weight excluding hydrogens is 336 g/mol. The van der Waals surface area contributed by atoms with Gasteiger partial charge in [-0.3, -0.25) is 9.59 Å². The molecule has 1 rings (SSSR count). The van der Waals surface area contributed by atoms with Gasteiger partial charge in [0.2, 0.25) is 11.8 Å². The van der Waals surface area contributed by atoms with Crippen molar-refractivity contribution in [3.05, 3.63) is 0 Å². The summed E-state index contributed by atoms with van der Waals surface area (Å²) in [7, 11) is 0. The van der Waals surface area contributed by atoms with Crippen LogP contribution in [-0.2, 0) is 19.1 Å². The van der Waals surface area contributed by atoms with Crippen LogP contribution in [0, 0.1) is 0 Å². The highest BCUT2D eigenvalue weighted by Gasteiger charge is 2.45. The molecule has 10 nitrogen and oxygen atoms in total. The molecule has 1 aliphatic heterocycles. The third-order valence-electron chi connectivity index (χ3n) is 3.77. The van der Waals surface area contributed by atoms with Gasteiger partial charge in [-0.1, -0.05) is 0 Å². The van der Waals surface area contributed by atoms with Gasteiger partial charge in [-0.2, -0.15) is 0 Å². The average Bonchev–Trinajstić information content (AvgIpc) is 2.58. The highest BCUT2D eigenvalue weighted by Crippen LogP contribution is 2.22. The fourth-order valence-corrected chi connectivity index (χ4v) is 2.48. The summed E-state index contributed by atoms with van der Waals surface area (Å²) in [5.74, 6) is -0.588. The number of hydrogen-bond acceptors (Lipinski definition) is 8. The zero-order valence-electron chi connectivity index (χ0n) is 14.3. The lowest BCUT2D eigenvalue weighted by Gasteiger charge is -2.42. The van der Waals surface area contributed by atoms with Crippen molar-refractivity contribution in [1.29, 1.82) is 0 Å². The molecule has 0 spiro atoms. The Morgan fingerprint density at radius 1 is 1.16 bits per heavy atom. The van der Waals surface area contributed by atoms with E-state index in [1.807, 2.05) is 0 Å². The third-order valence-corrected chi connectivity index (χ3v) is 3.77. The molecule has 25 heavy (non-hydrogen) atoms. The number of carbonyl (C=O) groups is 2. The third kappa shape index (κ3) is 7.22. The molecular formula is C15H28N2O8.